The SMILES string of the molecule is C/C=C/C(=O)OCCC. The van der Waals surface area contributed by atoms with Crippen molar-refractivity contribution in [3.8, 4) is 0 Å². The van der Waals surface area contributed by atoms with Crippen molar-refractivity contribution in [2.45, 2.75) is 20.3 Å². The molecule has 0 heterocycles. The van der Waals surface area contributed by atoms with Gasteiger partial charge in [-0.05, 0) is 13.3 Å². The van der Waals surface area contributed by atoms with Crippen LogP contribution in [0, 0.1) is 0 Å². The predicted octanol–water partition coefficient (Wildman–Crippen LogP) is 1.52. The zero-order chi connectivity index (χ0) is 7.11. The molecule has 0 bridgehead atoms. The third-order valence-electron chi connectivity index (χ3n) is 0.751. The maximum atomic E-state index is 10.5. The first-order valence-electron chi connectivity index (χ1n) is 3.10. The first-order chi connectivity index (χ1) is 4.31. The van der Waals surface area contributed by atoms with Gasteiger partial charge >= 0.3 is 5.97 Å². The van der Waals surface area contributed by atoms with Crippen LogP contribution in [0.25, 0.3) is 0 Å². The predicted molar refractivity (Wildman–Crippen MR) is 36.1 cm³/mol. The van der Waals surface area contributed by atoms with E-state index in [9.17, 15) is 4.79 Å². The van der Waals surface area contributed by atoms with Crippen molar-refractivity contribution in [1.82, 2.24) is 0 Å². The Bertz CT molecular complexity index is 105. The molecule has 0 aliphatic heterocycles. The van der Waals surface area contributed by atoms with Gasteiger partial charge in [-0.25, -0.2) is 4.79 Å². The molecule has 0 rings (SSSR count). The van der Waals surface area contributed by atoms with Crippen molar-refractivity contribution >= 4 is 5.97 Å². The van der Waals surface area contributed by atoms with Gasteiger partial charge in [-0.15, -0.1) is 0 Å². The average Bonchev–Trinajstić information content (AvgIpc) is 1.85. The molecule has 2 nitrogen and oxygen atoms in total. The van der Waals surface area contributed by atoms with Crippen LogP contribution in [-0.4, -0.2) is 12.6 Å². The normalized spacial score (nSPS) is 10.0. The molecule has 0 unspecified atom stereocenters. The van der Waals surface area contributed by atoms with Gasteiger partial charge in [-0.3, -0.25) is 0 Å². The molecule has 0 N–H and O–H groups in total. The van der Waals surface area contributed by atoms with E-state index in [4.69, 9.17) is 4.74 Å². The minimum absolute atomic E-state index is 0.251. The van der Waals surface area contributed by atoms with Gasteiger partial charge in [0.2, 0.25) is 0 Å². The van der Waals surface area contributed by atoms with Crippen molar-refractivity contribution in [1.29, 1.82) is 0 Å². The fourth-order valence-electron chi connectivity index (χ4n) is 0.387. The highest BCUT2D eigenvalue weighted by Crippen LogP contribution is 1.83. The summed E-state index contributed by atoms with van der Waals surface area (Å²) >= 11 is 0. The van der Waals surface area contributed by atoms with Crippen molar-refractivity contribution in [3.05, 3.63) is 12.2 Å². The molecule has 0 aromatic carbocycles. The molecule has 0 aromatic rings. The summed E-state index contributed by atoms with van der Waals surface area (Å²) in [4.78, 5) is 10.5. The first-order valence-corrected chi connectivity index (χ1v) is 3.10. The number of carbonyl (C=O) groups is 1. The van der Waals surface area contributed by atoms with E-state index in [2.05, 4.69) is 0 Å². The lowest BCUT2D eigenvalue weighted by Crippen LogP contribution is -2.00. The molecule has 0 saturated heterocycles. The molecule has 0 atom stereocenters. The fourth-order valence-corrected chi connectivity index (χ4v) is 0.387. The molecule has 0 fully saturated rings. The fraction of sp³-hybridized carbons (Fsp3) is 0.571. The highest BCUT2D eigenvalue weighted by Gasteiger charge is 1.90. The summed E-state index contributed by atoms with van der Waals surface area (Å²) < 4.78 is 4.71. The van der Waals surface area contributed by atoms with E-state index in [-0.39, 0.29) is 5.97 Å². The molecular formula is C7H12O2. The lowest BCUT2D eigenvalue weighted by atomic mass is 10.5. The zero-order valence-corrected chi connectivity index (χ0v) is 5.89. The van der Waals surface area contributed by atoms with E-state index >= 15 is 0 Å². The van der Waals surface area contributed by atoms with Gasteiger partial charge in [0.05, 0.1) is 6.61 Å². The Morgan fingerprint density at radius 3 is 2.78 bits per heavy atom. The second kappa shape index (κ2) is 5.35. The number of allylic oxidation sites excluding steroid dienone is 1. The van der Waals surface area contributed by atoms with Crippen LogP contribution in [-0.2, 0) is 9.53 Å². The van der Waals surface area contributed by atoms with Crippen LogP contribution in [0.1, 0.15) is 20.3 Å². The first kappa shape index (κ1) is 8.21. The molecule has 0 aliphatic carbocycles. The van der Waals surface area contributed by atoms with Crippen LogP contribution < -0.4 is 0 Å². The highest BCUT2D eigenvalue weighted by atomic mass is 16.5. The van der Waals surface area contributed by atoms with Crippen LogP contribution in [0.4, 0.5) is 0 Å². The van der Waals surface area contributed by atoms with Gasteiger partial charge in [0.15, 0.2) is 0 Å². The van der Waals surface area contributed by atoms with Crippen LogP contribution in [0.5, 0.6) is 0 Å². The number of ether oxygens (including phenoxy) is 1. The lowest BCUT2D eigenvalue weighted by molar-refractivity contribution is -0.137. The van der Waals surface area contributed by atoms with Crippen molar-refractivity contribution in [2.75, 3.05) is 6.61 Å². The van der Waals surface area contributed by atoms with Crippen LogP contribution >= 0.6 is 0 Å². The Balaban J connectivity index is 3.27. The van der Waals surface area contributed by atoms with E-state index in [1.807, 2.05) is 6.92 Å². The van der Waals surface area contributed by atoms with E-state index < -0.39 is 0 Å². The lowest BCUT2D eigenvalue weighted by Gasteiger charge is -1.95. The molecule has 0 spiro atoms. The van der Waals surface area contributed by atoms with E-state index in [1.54, 1.807) is 13.0 Å². The number of rotatable bonds is 3. The summed E-state index contributed by atoms with van der Waals surface area (Å²) in [6.45, 7) is 4.26. The summed E-state index contributed by atoms with van der Waals surface area (Å²) in [7, 11) is 0. The standard InChI is InChI=1S/C7H12O2/c1-3-5-7(8)9-6-4-2/h3,5H,4,6H2,1-2H3/b5-3+. The molecule has 2 heteroatoms. The Morgan fingerprint density at radius 2 is 2.33 bits per heavy atom. The minimum Gasteiger partial charge on any atom is -0.463 e. The smallest absolute Gasteiger partial charge is 0.330 e. The molecular weight excluding hydrogens is 116 g/mol. The van der Waals surface area contributed by atoms with Gasteiger partial charge in [0, 0.05) is 6.08 Å². The summed E-state index contributed by atoms with van der Waals surface area (Å²) in [5.74, 6) is -0.251. The Kier molecular flexibility index (Phi) is 4.88. The monoisotopic (exact) mass is 128 g/mol. The van der Waals surface area contributed by atoms with Crippen LogP contribution in [0.15, 0.2) is 12.2 Å². The Labute approximate surface area is 55.5 Å². The van der Waals surface area contributed by atoms with Crippen molar-refractivity contribution in [3.63, 3.8) is 0 Å². The molecule has 9 heavy (non-hydrogen) atoms. The zero-order valence-electron chi connectivity index (χ0n) is 5.89. The third kappa shape index (κ3) is 5.07. The minimum atomic E-state index is -0.251. The quantitative estimate of drug-likeness (QED) is 0.425. The van der Waals surface area contributed by atoms with E-state index in [0.717, 1.165) is 6.42 Å². The van der Waals surface area contributed by atoms with Crippen molar-refractivity contribution < 1.29 is 9.53 Å². The molecule has 0 aromatic heterocycles. The Hall–Kier alpha value is -0.790. The second-order valence-corrected chi connectivity index (χ2v) is 1.67. The van der Waals surface area contributed by atoms with Gasteiger partial charge in [-0.2, -0.15) is 0 Å². The number of esters is 1. The van der Waals surface area contributed by atoms with Crippen molar-refractivity contribution in [2.24, 2.45) is 0 Å². The summed E-state index contributed by atoms with van der Waals surface area (Å²) in [5, 5.41) is 0. The Morgan fingerprint density at radius 1 is 1.67 bits per heavy atom. The summed E-state index contributed by atoms with van der Waals surface area (Å²) in [6.07, 6.45) is 3.96. The maximum absolute atomic E-state index is 10.5. The number of carbonyl (C=O) groups excluding carboxylic acids is 1. The summed E-state index contributed by atoms with van der Waals surface area (Å²) in [5.41, 5.74) is 0. The van der Waals surface area contributed by atoms with Gasteiger partial charge in [0.1, 0.15) is 0 Å². The topological polar surface area (TPSA) is 26.3 Å². The summed E-state index contributed by atoms with van der Waals surface area (Å²) in [6, 6.07) is 0. The molecule has 0 radical (unpaired) electrons. The van der Waals surface area contributed by atoms with Gasteiger partial charge < -0.3 is 4.74 Å². The molecule has 0 amide bonds. The van der Waals surface area contributed by atoms with Gasteiger partial charge in [0.25, 0.3) is 0 Å². The van der Waals surface area contributed by atoms with Crippen LogP contribution in [0.3, 0.4) is 0 Å². The second-order valence-electron chi connectivity index (χ2n) is 1.67. The van der Waals surface area contributed by atoms with Gasteiger partial charge in [-0.1, -0.05) is 13.0 Å². The largest absolute Gasteiger partial charge is 0.463 e. The maximum Gasteiger partial charge on any atom is 0.330 e. The number of hydrogen-bond acceptors (Lipinski definition) is 2. The van der Waals surface area contributed by atoms with E-state index in [1.165, 1.54) is 6.08 Å². The third-order valence-corrected chi connectivity index (χ3v) is 0.751. The van der Waals surface area contributed by atoms with Crippen LogP contribution in [0.2, 0.25) is 0 Å². The number of hydrogen-bond donors (Lipinski definition) is 0. The highest BCUT2D eigenvalue weighted by molar-refractivity contribution is 5.81. The molecule has 0 saturated carbocycles. The molecule has 52 valence electrons. The average molecular weight is 128 g/mol. The van der Waals surface area contributed by atoms with E-state index in [0.29, 0.717) is 6.61 Å². The molecule has 0 aliphatic rings.